The van der Waals surface area contributed by atoms with E-state index >= 15 is 0 Å². The van der Waals surface area contributed by atoms with Crippen molar-refractivity contribution < 1.29 is 10.0 Å². The van der Waals surface area contributed by atoms with Crippen molar-refractivity contribution in [3.05, 3.63) is 32.3 Å². The summed E-state index contributed by atoms with van der Waals surface area (Å²) in [6.07, 6.45) is 0. The van der Waals surface area contributed by atoms with Gasteiger partial charge >= 0.3 is 0 Å². The number of nitrogens with zero attached hydrogens (tertiary/aromatic N) is 3. The topological polar surface area (TPSA) is 69.9 Å². The third kappa shape index (κ3) is 3.32. The van der Waals surface area contributed by atoms with Crippen LogP contribution in [-0.4, -0.2) is 54.3 Å². The molecule has 6 nitrogen and oxygen atoms in total. The monoisotopic (exact) mass is 319 g/mol. The highest BCUT2D eigenvalue weighted by Gasteiger charge is 2.25. The van der Waals surface area contributed by atoms with Crippen LogP contribution in [0.5, 0.6) is 0 Å². The van der Waals surface area contributed by atoms with Gasteiger partial charge in [0.05, 0.1) is 21.6 Å². The summed E-state index contributed by atoms with van der Waals surface area (Å²) in [5.74, 6) is 0. The molecule has 2 rings (SSSR count). The summed E-state index contributed by atoms with van der Waals surface area (Å²) in [6.45, 7) is 3.54. The van der Waals surface area contributed by atoms with E-state index in [4.69, 9.17) is 28.3 Å². The normalized spacial score (nSPS) is 16.4. The molecule has 0 bridgehead atoms. The second kappa shape index (κ2) is 6.58. The van der Waals surface area contributed by atoms with Crippen LogP contribution in [0.25, 0.3) is 0 Å². The molecular weight excluding hydrogens is 305 g/mol. The van der Waals surface area contributed by atoms with Crippen LogP contribution in [0.2, 0.25) is 10.0 Å². The van der Waals surface area contributed by atoms with Crippen LogP contribution in [0.1, 0.15) is 0 Å². The SMILES string of the molecule is O=[N+]([O-])c1cc(Cl)c(Cl)cc1N1CCN(CCO)CC1. The molecule has 0 atom stereocenters. The zero-order chi connectivity index (χ0) is 14.7. The van der Waals surface area contributed by atoms with E-state index in [1.807, 2.05) is 4.90 Å². The first-order chi connectivity index (χ1) is 9.52. The third-order valence-corrected chi connectivity index (χ3v) is 4.07. The van der Waals surface area contributed by atoms with Crippen LogP contribution in [0.3, 0.4) is 0 Å². The molecular formula is C12H15Cl2N3O3. The van der Waals surface area contributed by atoms with Crippen LogP contribution in [-0.2, 0) is 0 Å². The van der Waals surface area contributed by atoms with E-state index in [0.717, 1.165) is 13.1 Å². The maximum atomic E-state index is 11.1. The number of nitro benzene ring substituents is 1. The molecule has 0 aromatic heterocycles. The number of anilines is 1. The summed E-state index contributed by atoms with van der Waals surface area (Å²) in [6, 6.07) is 2.84. The first kappa shape index (κ1) is 15.3. The van der Waals surface area contributed by atoms with Crippen LogP contribution in [0.15, 0.2) is 12.1 Å². The molecule has 8 heteroatoms. The van der Waals surface area contributed by atoms with Crippen LogP contribution < -0.4 is 4.90 Å². The molecule has 0 amide bonds. The van der Waals surface area contributed by atoms with Gasteiger partial charge in [-0.25, -0.2) is 0 Å². The quantitative estimate of drug-likeness (QED) is 0.679. The van der Waals surface area contributed by atoms with Gasteiger partial charge in [-0.2, -0.15) is 0 Å². The number of β-amino-alcohol motifs (C(OH)–C–C–N with tert-alkyl or cyclic N) is 1. The van der Waals surface area contributed by atoms with Gasteiger partial charge in [0.25, 0.3) is 5.69 Å². The minimum Gasteiger partial charge on any atom is -0.395 e. The minimum absolute atomic E-state index is 0.0324. The molecule has 1 heterocycles. The lowest BCUT2D eigenvalue weighted by atomic mass is 10.2. The van der Waals surface area contributed by atoms with Gasteiger partial charge in [0.1, 0.15) is 5.69 Å². The molecule has 1 fully saturated rings. The third-order valence-electron chi connectivity index (χ3n) is 3.34. The average molecular weight is 320 g/mol. The van der Waals surface area contributed by atoms with Gasteiger partial charge in [-0.05, 0) is 6.07 Å². The first-order valence-electron chi connectivity index (χ1n) is 6.24. The molecule has 1 aliphatic rings. The molecule has 1 aromatic rings. The fraction of sp³-hybridized carbons (Fsp3) is 0.500. The Labute approximate surface area is 126 Å². The summed E-state index contributed by atoms with van der Waals surface area (Å²) >= 11 is 11.8. The van der Waals surface area contributed by atoms with Gasteiger partial charge in [-0.3, -0.25) is 15.0 Å². The van der Waals surface area contributed by atoms with Gasteiger partial charge in [0.15, 0.2) is 0 Å². The summed E-state index contributed by atoms with van der Waals surface area (Å²) in [5, 5.41) is 20.5. The summed E-state index contributed by atoms with van der Waals surface area (Å²) in [4.78, 5) is 14.7. The second-order valence-electron chi connectivity index (χ2n) is 4.56. The molecule has 0 unspecified atom stereocenters. The smallest absolute Gasteiger partial charge is 0.294 e. The lowest BCUT2D eigenvalue weighted by Crippen LogP contribution is -2.47. The Hall–Kier alpha value is -1.08. The van der Waals surface area contributed by atoms with Crippen LogP contribution in [0, 0.1) is 10.1 Å². The van der Waals surface area contributed by atoms with E-state index in [1.165, 1.54) is 6.07 Å². The van der Waals surface area contributed by atoms with E-state index in [9.17, 15) is 10.1 Å². The minimum atomic E-state index is -0.447. The molecule has 1 N–H and O–H groups in total. The number of benzene rings is 1. The number of piperazine rings is 1. The highest BCUT2D eigenvalue weighted by molar-refractivity contribution is 6.42. The zero-order valence-electron chi connectivity index (χ0n) is 10.8. The highest BCUT2D eigenvalue weighted by Crippen LogP contribution is 2.36. The Morgan fingerprint density at radius 2 is 1.80 bits per heavy atom. The molecule has 1 aromatic carbocycles. The standard InChI is InChI=1S/C12H15Cl2N3O3/c13-9-7-11(12(17(19)20)8-10(9)14)16-3-1-15(2-4-16)5-6-18/h7-8,18H,1-6H2. The van der Waals surface area contributed by atoms with E-state index in [2.05, 4.69) is 4.90 Å². The number of nitro groups is 1. The van der Waals surface area contributed by atoms with E-state index < -0.39 is 4.92 Å². The molecule has 1 saturated heterocycles. The first-order valence-corrected chi connectivity index (χ1v) is 7.00. The molecule has 0 radical (unpaired) electrons. The number of aliphatic hydroxyl groups excluding tert-OH is 1. The largest absolute Gasteiger partial charge is 0.395 e. The van der Waals surface area contributed by atoms with E-state index in [1.54, 1.807) is 6.07 Å². The molecule has 20 heavy (non-hydrogen) atoms. The molecule has 0 aliphatic carbocycles. The molecule has 1 aliphatic heterocycles. The van der Waals surface area contributed by atoms with Gasteiger partial charge in [0.2, 0.25) is 0 Å². The summed E-state index contributed by atoms with van der Waals surface area (Å²) in [5.41, 5.74) is 0.461. The van der Waals surface area contributed by atoms with Crippen molar-refractivity contribution in [3.63, 3.8) is 0 Å². The predicted octanol–water partition coefficient (Wildman–Crippen LogP) is 2.02. The Morgan fingerprint density at radius 1 is 1.20 bits per heavy atom. The number of rotatable bonds is 4. The summed E-state index contributed by atoms with van der Waals surface area (Å²) in [7, 11) is 0. The number of halogens is 2. The van der Waals surface area contributed by atoms with Crippen molar-refractivity contribution in [3.8, 4) is 0 Å². The molecule has 0 saturated carbocycles. The Morgan fingerprint density at radius 3 is 2.35 bits per heavy atom. The lowest BCUT2D eigenvalue weighted by molar-refractivity contribution is -0.384. The Kier molecular flexibility index (Phi) is 5.04. The van der Waals surface area contributed by atoms with Gasteiger partial charge in [-0.15, -0.1) is 0 Å². The van der Waals surface area contributed by atoms with E-state index in [-0.39, 0.29) is 17.3 Å². The van der Waals surface area contributed by atoms with Gasteiger partial charge in [0, 0.05) is 38.8 Å². The average Bonchev–Trinajstić information content (AvgIpc) is 2.42. The van der Waals surface area contributed by atoms with Crippen molar-refractivity contribution in [2.45, 2.75) is 0 Å². The number of hydrogen-bond acceptors (Lipinski definition) is 5. The van der Waals surface area contributed by atoms with Crippen LogP contribution >= 0.6 is 23.2 Å². The van der Waals surface area contributed by atoms with Crippen molar-refractivity contribution in [1.82, 2.24) is 4.90 Å². The van der Waals surface area contributed by atoms with Crippen LogP contribution in [0.4, 0.5) is 11.4 Å². The molecule has 110 valence electrons. The van der Waals surface area contributed by atoms with E-state index in [0.29, 0.717) is 30.3 Å². The van der Waals surface area contributed by atoms with Gasteiger partial charge in [-0.1, -0.05) is 23.2 Å². The second-order valence-corrected chi connectivity index (χ2v) is 5.38. The van der Waals surface area contributed by atoms with Gasteiger partial charge < -0.3 is 10.0 Å². The lowest BCUT2D eigenvalue weighted by Gasteiger charge is -2.35. The number of hydrogen-bond donors (Lipinski definition) is 1. The van der Waals surface area contributed by atoms with Crippen molar-refractivity contribution in [1.29, 1.82) is 0 Å². The fourth-order valence-corrected chi connectivity index (χ4v) is 2.59. The summed E-state index contributed by atoms with van der Waals surface area (Å²) < 4.78 is 0. The van der Waals surface area contributed by atoms with Crippen molar-refractivity contribution in [2.24, 2.45) is 0 Å². The maximum Gasteiger partial charge on any atom is 0.294 e. The van der Waals surface area contributed by atoms with Crippen molar-refractivity contribution >= 4 is 34.6 Å². The Balaban J connectivity index is 2.21. The highest BCUT2D eigenvalue weighted by atomic mass is 35.5. The molecule has 0 spiro atoms. The fourth-order valence-electron chi connectivity index (χ4n) is 2.28. The maximum absolute atomic E-state index is 11.1. The number of aliphatic hydroxyl groups is 1. The Bertz CT molecular complexity index is 505. The van der Waals surface area contributed by atoms with Crippen molar-refractivity contribution in [2.75, 3.05) is 44.2 Å². The predicted molar refractivity (Wildman–Crippen MR) is 78.9 cm³/mol. The zero-order valence-corrected chi connectivity index (χ0v) is 12.3.